The fourth-order valence-electron chi connectivity index (χ4n) is 2.67. The Morgan fingerprint density at radius 3 is 2.62 bits per heavy atom. The fraction of sp³-hybridized carbons (Fsp3) is 0.250. The van der Waals surface area contributed by atoms with Crippen LogP contribution in [-0.4, -0.2) is 53.0 Å². The monoisotopic (exact) mass is 396 g/mol. The normalized spacial score (nSPS) is 13.0. The van der Waals surface area contributed by atoms with E-state index >= 15 is 0 Å². The predicted molar refractivity (Wildman–Crippen MR) is 98.9 cm³/mol. The van der Waals surface area contributed by atoms with Crippen molar-refractivity contribution in [2.24, 2.45) is 0 Å². The minimum absolute atomic E-state index is 0.163. The van der Waals surface area contributed by atoms with Gasteiger partial charge in [0.2, 0.25) is 15.2 Å². The van der Waals surface area contributed by atoms with Crippen molar-refractivity contribution in [1.29, 1.82) is 0 Å². The predicted octanol–water partition coefficient (Wildman–Crippen LogP) is 1.87. The van der Waals surface area contributed by atoms with E-state index in [0.717, 1.165) is 10.6 Å². The minimum Gasteiger partial charge on any atom is -0.267 e. The molecule has 3 rings (SSSR count). The summed E-state index contributed by atoms with van der Waals surface area (Å²) < 4.78 is 51.5. The summed E-state index contributed by atoms with van der Waals surface area (Å²) in [6, 6.07) is 10.3. The Balaban J connectivity index is 2.24. The molecule has 0 saturated carbocycles. The summed E-state index contributed by atoms with van der Waals surface area (Å²) in [5.41, 5.74) is 2.18. The van der Waals surface area contributed by atoms with Crippen LogP contribution in [0.2, 0.25) is 0 Å². The van der Waals surface area contributed by atoms with Crippen molar-refractivity contribution in [2.75, 3.05) is 30.0 Å². The van der Waals surface area contributed by atoms with Gasteiger partial charge >= 0.3 is 0 Å². The number of fused-ring (bicyclic) bond motifs is 1. The third-order valence-corrected chi connectivity index (χ3v) is 5.65. The summed E-state index contributed by atoms with van der Waals surface area (Å²) in [5, 5.41) is 4.45. The number of sulfonamides is 1. The molecule has 0 bridgehead atoms. The van der Waals surface area contributed by atoms with E-state index in [-0.39, 0.29) is 11.7 Å². The standard InChI is InChI=1S/C16H17FN4O3S2/c1-25(22)16-18-11-12-7-8-15(21(12)19-16)13-5-3-4-6-14(13)20(10-9-17)26(2,23)24/h3-8,11H,9-10H2,1-2H3. The summed E-state index contributed by atoms with van der Waals surface area (Å²) in [7, 11) is -5.03. The number of nitrogens with zero attached hydrogens (tertiary/aromatic N) is 4. The van der Waals surface area contributed by atoms with Crippen LogP contribution in [0.5, 0.6) is 0 Å². The van der Waals surface area contributed by atoms with E-state index in [2.05, 4.69) is 10.1 Å². The molecule has 2 aromatic heterocycles. The Bertz CT molecular complexity index is 1080. The second-order valence-corrected chi connectivity index (χ2v) is 8.77. The van der Waals surface area contributed by atoms with Crippen LogP contribution in [0.15, 0.2) is 47.8 Å². The molecular weight excluding hydrogens is 379 g/mol. The van der Waals surface area contributed by atoms with Crippen molar-refractivity contribution in [3.63, 3.8) is 0 Å². The lowest BCUT2D eigenvalue weighted by Gasteiger charge is -2.23. The molecule has 0 N–H and O–H groups in total. The number of alkyl halides is 1. The second-order valence-electron chi connectivity index (χ2n) is 5.59. The summed E-state index contributed by atoms with van der Waals surface area (Å²) >= 11 is 0. The maximum absolute atomic E-state index is 13.0. The molecule has 0 aliphatic carbocycles. The highest BCUT2D eigenvalue weighted by atomic mass is 32.2. The van der Waals surface area contributed by atoms with Crippen molar-refractivity contribution in [3.8, 4) is 11.3 Å². The maximum atomic E-state index is 13.0. The van der Waals surface area contributed by atoms with Crippen LogP contribution in [0.1, 0.15) is 0 Å². The van der Waals surface area contributed by atoms with Gasteiger partial charge < -0.3 is 0 Å². The summed E-state index contributed by atoms with van der Waals surface area (Å²) in [5.74, 6) is 0. The first-order chi connectivity index (χ1) is 12.3. The number of halogens is 1. The number of hydrogen-bond acceptors (Lipinski definition) is 5. The van der Waals surface area contributed by atoms with E-state index in [0.29, 0.717) is 22.5 Å². The molecule has 1 aromatic carbocycles. The third kappa shape index (κ3) is 3.47. The van der Waals surface area contributed by atoms with Gasteiger partial charge in [0.25, 0.3) is 0 Å². The summed E-state index contributed by atoms with van der Waals surface area (Å²) in [6.45, 7) is -1.09. The van der Waals surface area contributed by atoms with Crippen molar-refractivity contribution in [2.45, 2.75) is 5.16 Å². The van der Waals surface area contributed by atoms with Crippen LogP contribution in [0.4, 0.5) is 10.1 Å². The van der Waals surface area contributed by atoms with E-state index in [4.69, 9.17) is 0 Å². The van der Waals surface area contributed by atoms with Crippen molar-refractivity contribution in [1.82, 2.24) is 14.6 Å². The van der Waals surface area contributed by atoms with Crippen LogP contribution in [0.3, 0.4) is 0 Å². The van der Waals surface area contributed by atoms with E-state index in [1.807, 2.05) is 0 Å². The first-order valence-corrected chi connectivity index (χ1v) is 11.0. The lowest BCUT2D eigenvalue weighted by Crippen LogP contribution is -2.32. The van der Waals surface area contributed by atoms with Gasteiger partial charge in [-0.15, -0.1) is 5.10 Å². The first kappa shape index (κ1) is 18.5. The van der Waals surface area contributed by atoms with E-state index < -0.39 is 27.5 Å². The Kier molecular flexibility index (Phi) is 5.05. The Morgan fingerprint density at radius 1 is 1.23 bits per heavy atom. The van der Waals surface area contributed by atoms with Crippen LogP contribution < -0.4 is 4.31 Å². The quantitative estimate of drug-likeness (QED) is 0.635. The molecule has 0 spiro atoms. The molecule has 0 aliphatic heterocycles. The number of anilines is 1. The summed E-state index contributed by atoms with van der Waals surface area (Å²) in [4.78, 5) is 4.05. The molecule has 0 fully saturated rings. The minimum atomic E-state index is -3.67. The highest BCUT2D eigenvalue weighted by Crippen LogP contribution is 2.32. The smallest absolute Gasteiger partial charge is 0.237 e. The number of rotatable bonds is 6. The van der Waals surface area contributed by atoms with Gasteiger partial charge in [0.1, 0.15) is 6.67 Å². The maximum Gasteiger partial charge on any atom is 0.237 e. The lowest BCUT2D eigenvalue weighted by molar-refractivity contribution is 0.500. The SMILES string of the molecule is CS(=O)c1ncc2ccc(-c3ccccc3N(CCF)S(C)(=O)=O)n2n1. The molecule has 10 heteroatoms. The molecule has 7 nitrogen and oxygen atoms in total. The number of para-hydroxylation sites is 1. The second kappa shape index (κ2) is 7.12. The van der Waals surface area contributed by atoms with Crippen LogP contribution >= 0.6 is 0 Å². The van der Waals surface area contributed by atoms with E-state index in [1.165, 1.54) is 6.26 Å². The highest BCUT2D eigenvalue weighted by Gasteiger charge is 2.22. The van der Waals surface area contributed by atoms with Gasteiger partial charge in [-0.2, -0.15) is 0 Å². The van der Waals surface area contributed by atoms with Crippen LogP contribution in [-0.2, 0) is 20.8 Å². The molecule has 0 radical (unpaired) electrons. The van der Waals surface area contributed by atoms with Gasteiger partial charge in [-0.3, -0.25) is 8.51 Å². The molecule has 0 saturated heterocycles. The van der Waals surface area contributed by atoms with Gasteiger partial charge in [0.15, 0.2) is 0 Å². The number of hydrogen-bond donors (Lipinski definition) is 0. The van der Waals surface area contributed by atoms with Gasteiger partial charge in [-0.05, 0) is 18.2 Å². The lowest BCUT2D eigenvalue weighted by atomic mass is 10.1. The highest BCUT2D eigenvalue weighted by molar-refractivity contribution is 7.92. The Labute approximate surface area is 153 Å². The third-order valence-electron chi connectivity index (χ3n) is 3.77. The van der Waals surface area contributed by atoms with E-state index in [1.54, 1.807) is 47.1 Å². The molecular formula is C16H17FN4O3S2. The number of aromatic nitrogens is 3. The zero-order valence-corrected chi connectivity index (χ0v) is 15.8. The van der Waals surface area contributed by atoms with Gasteiger partial charge in [-0.1, -0.05) is 18.2 Å². The van der Waals surface area contributed by atoms with Crippen molar-refractivity contribution in [3.05, 3.63) is 42.6 Å². The zero-order chi connectivity index (χ0) is 18.9. The Morgan fingerprint density at radius 2 is 1.96 bits per heavy atom. The Hall–Kier alpha value is -2.33. The molecule has 3 aromatic rings. The van der Waals surface area contributed by atoms with Crippen molar-refractivity contribution >= 4 is 32.0 Å². The molecule has 26 heavy (non-hydrogen) atoms. The average Bonchev–Trinajstić information content (AvgIpc) is 3.01. The van der Waals surface area contributed by atoms with Crippen molar-refractivity contribution < 1.29 is 17.0 Å². The molecule has 2 heterocycles. The molecule has 0 aliphatic rings. The van der Waals surface area contributed by atoms with Gasteiger partial charge in [0.05, 0.1) is 46.7 Å². The topological polar surface area (TPSA) is 84.6 Å². The van der Waals surface area contributed by atoms with Crippen LogP contribution in [0, 0.1) is 0 Å². The molecule has 1 atom stereocenters. The van der Waals surface area contributed by atoms with E-state index in [9.17, 15) is 17.0 Å². The van der Waals surface area contributed by atoms with Gasteiger partial charge in [-0.25, -0.2) is 22.3 Å². The fourth-order valence-corrected chi connectivity index (χ4v) is 3.99. The molecule has 0 amide bonds. The number of benzene rings is 1. The summed E-state index contributed by atoms with van der Waals surface area (Å²) in [6.07, 6.45) is 4.06. The average molecular weight is 396 g/mol. The molecule has 138 valence electrons. The zero-order valence-electron chi connectivity index (χ0n) is 14.2. The van der Waals surface area contributed by atoms with Crippen LogP contribution in [0.25, 0.3) is 16.8 Å². The first-order valence-electron chi connectivity index (χ1n) is 7.64. The molecule has 1 unspecified atom stereocenters. The van der Waals surface area contributed by atoms with Gasteiger partial charge in [0, 0.05) is 11.8 Å². The largest absolute Gasteiger partial charge is 0.267 e.